The molecule has 1 aliphatic heterocycles. The number of likely N-dealkylation sites (tertiary alicyclic amines) is 1. The number of benzene rings is 1. The molecule has 3 rings (SSSR count). The molecular formula is C17H26N2O. The van der Waals surface area contributed by atoms with Crippen LogP contribution in [-0.2, 0) is 12.8 Å². The van der Waals surface area contributed by atoms with Crippen LogP contribution in [0.15, 0.2) is 24.3 Å². The van der Waals surface area contributed by atoms with Gasteiger partial charge in [0.15, 0.2) is 0 Å². The summed E-state index contributed by atoms with van der Waals surface area (Å²) in [6.07, 6.45) is 5.21. The molecule has 1 heterocycles. The van der Waals surface area contributed by atoms with E-state index in [9.17, 15) is 5.11 Å². The van der Waals surface area contributed by atoms with Gasteiger partial charge in [-0.1, -0.05) is 24.3 Å². The van der Waals surface area contributed by atoms with Gasteiger partial charge in [0, 0.05) is 25.2 Å². The van der Waals surface area contributed by atoms with Crippen LogP contribution >= 0.6 is 0 Å². The minimum absolute atomic E-state index is 0.128. The lowest BCUT2D eigenvalue weighted by Gasteiger charge is -2.44. The fraction of sp³-hybridized carbons (Fsp3) is 0.647. The lowest BCUT2D eigenvalue weighted by Crippen LogP contribution is -2.56. The van der Waals surface area contributed by atoms with Gasteiger partial charge in [-0.15, -0.1) is 0 Å². The summed E-state index contributed by atoms with van der Waals surface area (Å²) in [5, 5.41) is 10.5. The van der Waals surface area contributed by atoms with Crippen LogP contribution in [0.4, 0.5) is 0 Å². The lowest BCUT2D eigenvalue weighted by molar-refractivity contribution is -0.0463. The van der Waals surface area contributed by atoms with Crippen molar-refractivity contribution in [3.8, 4) is 0 Å². The second-order valence-electron chi connectivity index (χ2n) is 6.59. The number of nitrogens with zero attached hydrogens (tertiary/aromatic N) is 1. The molecule has 3 heteroatoms. The van der Waals surface area contributed by atoms with Gasteiger partial charge < -0.3 is 10.8 Å². The Balaban J connectivity index is 1.63. The third-order valence-electron chi connectivity index (χ3n) is 5.35. The number of nitrogens with two attached hydrogens (primary N) is 1. The number of piperidine rings is 1. The fourth-order valence-corrected chi connectivity index (χ4v) is 3.72. The first-order chi connectivity index (χ1) is 9.58. The number of aliphatic hydroxyl groups is 1. The Hall–Kier alpha value is -0.900. The number of fused-ring (bicyclic) bond motifs is 1. The highest BCUT2D eigenvalue weighted by atomic mass is 16.3. The smallest absolute Gasteiger partial charge is 0.0819 e. The van der Waals surface area contributed by atoms with E-state index >= 15 is 0 Å². The molecule has 1 aromatic rings. The Morgan fingerprint density at radius 1 is 1.25 bits per heavy atom. The van der Waals surface area contributed by atoms with E-state index in [1.807, 2.05) is 6.92 Å². The summed E-state index contributed by atoms with van der Waals surface area (Å²) in [6.45, 7) is 3.88. The van der Waals surface area contributed by atoms with Crippen LogP contribution in [0.25, 0.3) is 0 Å². The maximum absolute atomic E-state index is 10.5. The van der Waals surface area contributed by atoms with Gasteiger partial charge in [-0.3, -0.25) is 4.90 Å². The topological polar surface area (TPSA) is 49.5 Å². The molecule has 2 atom stereocenters. The highest BCUT2D eigenvalue weighted by Crippen LogP contribution is 2.30. The predicted molar refractivity (Wildman–Crippen MR) is 81.7 cm³/mol. The standard InChI is InChI=1S/C17H26N2O/c1-13(18)17(20)8-10-19(11-9-17)16-7-6-14-4-2-3-5-15(14)12-16/h2-5,13,16,20H,6-12,18H2,1H3/t13-,16-/m0/s1. The monoisotopic (exact) mass is 274 g/mol. The van der Waals surface area contributed by atoms with Crippen LogP contribution in [0.5, 0.6) is 0 Å². The summed E-state index contributed by atoms with van der Waals surface area (Å²) in [7, 11) is 0. The fourth-order valence-electron chi connectivity index (χ4n) is 3.72. The van der Waals surface area contributed by atoms with Crippen molar-refractivity contribution >= 4 is 0 Å². The highest BCUT2D eigenvalue weighted by Gasteiger charge is 2.37. The molecule has 2 aliphatic rings. The Morgan fingerprint density at radius 3 is 2.55 bits per heavy atom. The number of hydrogen-bond acceptors (Lipinski definition) is 3. The van der Waals surface area contributed by atoms with E-state index in [1.54, 1.807) is 0 Å². The van der Waals surface area contributed by atoms with Gasteiger partial charge in [0.2, 0.25) is 0 Å². The summed E-state index contributed by atoms with van der Waals surface area (Å²) < 4.78 is 0. The van der Waals surface area contributed by atoms with Crippen LogP contribution in [0.2, 0.25) is 0 Å². The van der Waals surface area contributed by atoms with Crippen molar-refractivity contribution in [1.29, 1.82) is 0 Å². The first-order valence-corrected chi connectivity index (χ1v) is 7.87. The van der Waals surface area contributed by atoms with Crippen LogP contribution in [0, 0.1) is 0 Å². The number of rotatable bonds is 2. The molecule has 1 aliphatic carbocycles. The minimum Gasteiger partial charge on any atom is -0.388 e. The predicted octanol–water partition coefficient (Wildman–Crippen LogP) is 1.72. The molecule has 1 aromatic carbocycles. The van der Waals surface area contributed by atoms with E-state index in [1.165, 1.54) is 24.0 Å². The van der Waals surface area contributed by atoms with E-state index in [-0.39, 0.29) is 6.04 Å². The number of aryl methyl sites for hydroxylation is 1. The molecule has 1 fully saturated rings. The normalized spacial score (nSPS) is 27.9. The third kappa shape index (κ3) is 2.62. The second-order valence-corrected chi connectivity index (χ2v) is 6.59. The Kier molecular flexibility index (Phi) is 3.85. The zero-order chi connectivity index (χ0) is 14.2. The molecule has 20 heavy (non-hydrogen) atoms. The molecule has 0 radical (unpaired) electrons. The molecule has 0 bridgehead atoms. The van der Waals surface area contributed by atoms with Crippen molar-refractivity contribution < 1.29 is 5.11 Å². The van der Waals surface area contributed by atoms with E-state index < -0.39 is 5.60 Å². The Bertz CT molecular complexity index is 464. The Morgan fingerprint density at radius 2 is 1.90 bits per heavy atom. The summed E-state index contributed by atoms with van der Waals surface area (Å²) in [5.74, 6) is 0. The molecule has 0 amide bonds. The first kappa shape index (κ1) is 14.1. The van der Waals surface area contributed by atoms with E-state index in [2.05, 4.69) is 29.2 Å². The SMILES string of the molecule is C[C@H](N)C1(O)CCN([C@H]2CCc3ccccc3C2)CC1. The first-order valence-electron chi connectivity index (χ1n) is 7.87. The average Bonchev–Trinajstić information content (AvgIpc) is 2.47. The molecule has 110 valence electrons. The maximum atomic E-state index is 10.5. The average molecular weight is 274 g/mol. The summed E-state index contributed by atoms with van der Waals surface area (Å²) in [4.78, 5) is 2.56. The van der Waals surface area contributed by atoms with Crippen LogP contribution in [0.1, 0.15) is 37.3 Å². The highest BCUT2D eigenvalue weighted by molar-refractivity contribution is 5.30. The van der Waals surface area contributed by atoms with Gasteiger partial charge >= 0.3 is 0 Å². The summed E-state index contributed by atoms with van der Waals surface area (Å²) in [6, 6.07) is 9.33. The maximum Gasteiger partial charge on any atom is 0.0819 e. The number of hydrogen-bond donors (Lipinski definition) is 2. The van der Waals surface area contributed by atoms with Crippen molar-refractivity contribution in [3.05, 3.63) is 35.4 Å². The zero-order valence-corrected chi connectivity index (χ0v) is 12.4. The van der Waals surface area contributed by atoms with Gasteiger partial charge in [-0.2, -0.15) is 0 Å². The van der Waals surface area contributed by atoms with Gasteiger partial charge in [0.05, 0.1) is 5.60 Å². The zero-order valence-electron chi connectivity index (χ0n) is 12.4. The third-order valence-corrected chi connectivity index (χ3v) is 5.35. The minimum atomic E-state index is -0.650. The molecule has 0 saturated carbocycles. The Labute approximate surface area is 121 Å². The van der Waals surface area contributed by atoms with Gasteiger partial charge in [-0.25, -0.2) is 0 Å². The van der Waals surface area contributed by atoms with E-state index in [0.29, 0.717) is 6.04 Å². The van der Waals surface area contributed by atoms with Crippen LogP contribution in [-0.4, -0.2) is 40.8 Å². The van der Waals surface area contributed by atoms with Crippen molar-refractivity contribution in [2.75, 3.05) is 13.1 Å². The van der Waals surface area contributed by atoms with E-state index in [0.717, 1.165) is 32.4 Å². The molecule has 3 N–H and O–H groups in total. The second kappa shape index (κ2) is 5.47. The molecule has 0 spiro atoms. The molecule has 3 nitrogen and oxygen atoms in total. The summed E-state index contributed by atoms with van der Waals surface area (Å²) in [5.41, 5.74) is 8.30. The van der Waals surface area contributed by atoms with Crippen molar-refractivity contribution in [1.82, 2.24) is 4.90 Å². The molecule has 1 saturated heterocycles. The summed E-state index contributed by atoms with van der Waals surface area (Å²) >= 11 is 0. The molecule has 0 unspecified atom stereocenters. The molecular weight excluding hydrogens is 248 g/mol. The van der Waals surface area contributed by atoms with Crippen molar-refractivity contribution in [2.45, 2.75) is 56.7 Å². The largest absolute Gasteiger partial charge is 0.388 e. The lowest BCUT2D eigenvalue weighted by atomic mass is 9.82. The van der Waals surface area contributed by atoms with Gasteiger partial charge in [0.25, 0.3) is 0 Å². The van der Waals surface area contributed by atoms with E-state index in [4.69, 9.17) is 5.73 Å². The van der Waals surface area contributed by atoms with Crippen LogP contribution in [0.3, 0.4) is 0 Å². The molecule has 0 aromatic heterocycles. The van der Waals surface area contributed by atoms with Gasteiger partial charge in [0.1, 0.15) is 0 Å². The van der Waals surface area contributed by atoms with Crippen LogP contribution < -0.4 is 5.73 Å². The van der Waals surface area contributed by atoms with Crippen molar-refractivity contribution in [2.24, 2.45) is 5.73 Å². The van der Waals surface area contributed by atoms with Gasteiger partial charge in [-0.05, 0) is 50.2 Å². The van der Waals surface area contributed by atoms with Crippen molar-refractivity contribution in [3.63, 3.8) is 0 Å². The quantitative estimate of drug-likeness (QED) is 0.863.